The maximum absolute atomic E-state index is 12.4. The monoisotopic (exact) mass is 337 g/mol. The Morgan fingerprint density at radius 1 is 1.25 bits per heavy atom. The highest BCUT2D eigenvalue weighted by Crippen LogP contribution is 2.17. The number of rotatable bonds is 4. The average molecular weight is 337 g/mol. The van der Waals surface area contributed by atoms with Crippen molar-refractivity contribution in [3.63, 3.8) is 0 Å². The van der Waals surface area contributed by atoms with Gasteiger partial charge in [-0.3, -0.25) is 24.8 Å². The van der Waals surface area contributed by atoms with Gasteiger partial charge < -0.3 is 4.74 Å². The molecule has 132 valence electrons. The Kier molecular flexibility index (Phi) is 4.81. The van der Waals surface area contributed by atoms with Gasteiger partial charge in [0, 0.05) is 33.7 Å². The first-order valence-corrected chi connectivity index (χ1v) is 8.28. The predicted octanol–water partition coefficient (Wildman–Crippen LogP) is -1.40. The number of ether oxygens (including phenoxy) is 1. The summed E-state index contributed by atoms with van der Waals surface area (Å²) in [6.45, 7) is 5.34. The van der Waals surface area contributed by atoms with E-state index in [1.807, 2.05) is 7.05 Å². The lowest BCUT2D eigenvalue weighted by Crippen LogP contribution is -2.61. The fourth-order valence-electron chi connectivity index (χ4n) is 3.17. The highest BCUT2D eigenvalue weighted by molar-refractivity contribution is 6.22. The van der Waals surface area contributed by atoms with E-state index in [4.69, 9.17) is 4.74 Å². The minimum Gasteiger partial charge on any atom is -0.379 e. The molecule has 2 saturated heterocycles. The molecule has 1 atom stereocenters. The molecule has 9 nitrogen and oxygen atoms in total. The standard InChI is InChI=1S/C15H24N6O3/c1-18-11-12(19(2)15(23)20(3)13(11)22)17-14(18)16-5-4-6-21-7-9-24-10-8-21/h11H,4-10H2,1-3H3/p+1. The maximum Gasteiger partial charge on any atom is 0.389 e. The number of hydrogen-bond acceptors (Lipinski definition) is 6. The van der Waals surface area contributed by atoms with Crippen molar-refractivity contribution in [3.05, 3.63) is 0 Å². The lowest BCUT2D eigenvalue weighted by atomic mass is 10.2. The number of fused-ring (bicyclic) bond motifs is 1. The van der Waals surface area contributed by atoms with E-state index in [1.54, 1.807) is 11.6 Å². The number of carbonyl (C=O) groups is 2. The molecule has 24 heavy (non-hydrogen) atoms. The van der Waals surface area contributed by atoms with Gasteiger partial charge in [0.05, 0.1) is 26.8 Å². The Labute approximate surface area is 141 Å². The molecule has 0 aromatic carbocycles. The van der Waals surface area contributed by atoms with Gasteiger partial charge in [0.1, 0.15) is 0 Å². The molecule has 0 aromatic rings. The van der Waals surface area contributed by atoms with Crippen molar-refractivity contribution in [1.29, 1.82) is 0 Å². The molecule has 9 heteroatoms. The summed E-state index contributed by atoms with van der Waals surface area (Å²) in [4.78, 5) is 33.8. The van der Waals surface area contributed by atoms with Crippen LogP contribution in [-0.2, 0) is 9.53 Å². The van der Waals surface area contributed by atoms with Gasteiger partial charge in [-0.05, 0) is 6.42 Å². The van der Waals surface area contributed by atoms with Crippen molar-refractivity contribution in [3.8, 4) is 0 Å². The zero-order valence-corrected chi connectivity index (χ0v) is 14.5. The third-order valence-electron chi connectivity index (χ3n) is 4.71. The van der Waals surface area contributed by atoms with Crippen LogP contribution in [0.5, 0.6) is 0 Å². The van der Waals surface area contributed by atoms with Crippen LogP contribution >= 0.6 is 0 Å². The molecule has 1 unspecified atom stereocenters. The van der Waals surface area contributed by atoms with E-state index in [2.05, 4.69) is 15.2 Å². The van der Waals surface area contributed by atoms with Crippen molar-refractivity contribution in [2.24, 2.45) is 4.99 Å². The highest BCUT2D eigenvalue weighted by atomic mass is 16.5. The van der Waals surface area contributed by atoms with Gasteiger partial charge >= 0.3 is 12.0 Å². The maximum atomic E-state index is 12.4. The van der Waals surface area contributed by atoms with Crippen LogP contribution in [0.1, 0.15) is 6.42 Å². The van der Waals surface area contributed by atoms with Crippen molar-refractivity contribution < 1.29 is 18.9 Å². The van der Waals surface area contributed by atoms with Crippen molar-refractivity contribution in [2.75, 3.05) is 60.5 Å². The molecule has 1 N–H and O–H groups in total. The second-order valence-corrected chi connectivity index (χ2v) is 6.28. The van der Waals surface area contributed by atoms with Gasteiger partial charge in [-0.2, -0.15) is 0 Å². The van der Waals surface area contributed by atoms with E-state index < -0.39 is 6.04 Å². The Balaban J connectivity index is 1.57. The molecular formula is C15H25N6O3+. The molecule has 3 amide bonds. The Hall–Kier alpha value is -2.00. The van der Waals surface area contributed by atoms with E-state index in [9.17, 15) is 9.59 Å². The molecule has 0 aromatic heterocycles. The second-order valence-electron chi connectivity index (χ2n) is 6.28. The van der Waals surface area contributed by atoms with E-state index in [0.29, 0.717) is 11.8 Å². The van der Waals surface area contributed by atoms with Crippen LogP contribution in [0.4, 0.5) is 4.79 Å². The molecule has 0 bridgehead atoms. The van der Waals surface area contributed by atoms with Crippen molar-refractivity contribution >= 4 is 23.7 Å². The lowest BCUT2D eigenvalue weighted by Gasteiger charge is -2.31. The van der Waals surface area contributed by atoms with Crippen LogP contribution in [0.2, 0.25) is 0 Å². The molecule has 3 aliphatic rings. The van der Waals surface area contributed by atoms with Crippen LogP contribution in [0.15, 0.2) is 4.99 Å². The summed E-state index contributed by atoms with van der Waals surface area (Å²) in [7, 11) is 4.96. The fourth-order valence-corrected chi connectivity index (χ4v) is 3.17. The number of amides is 3. The summed E-state index contributed by atoms with van der Waals surface area (Å²) >= 11 is 0. The summed E-state index contributed by atoms with van der Waals surface area (Å²) in [5.41, 5.74) is 0. The smallest absolute Gasteiger partial charge is 0.379 e. The SMILES string of the molecule is CN1C(=O)C2C(=NC(NCCCN3CCOCC3)=[N+]2C)N(C)C1=O. The van der Waals surface area contributed by atoms with Gasteiger partial charge in [0.2, 0.25) is 11.9 Å². The van der Waals surface area contributed by atoms with Crippen molar-refractivity contribution in [1.82, 2.24) is 20.0 Å². The number of nitrogens with zero attached hydrogens (tertiary/aromatic N) is 5. The predicted molar refractivity (Wildman–Crippen MR) is 88.2 cm³/mol. The van der Waals surface area contributed by atoms with Crippen LogP contribution in [-0.4, -0.2) is 110 Å². The zero-order valence-electron chi connectivity index (χ0n) is 14.5. The number of amidine groups is 1. The van der Waals surface area contributed by atoms with Gasteiger partial charge in [-0.25, -0.2) is 9.37 Å². The molecule has 3 heterocycles. The Morgan fingerprint density at radius 2 is 1.96 bits per heavy atom. The number of urea groups is 1. The third-order valence-corrected chi connectivity index (χ3v) is 4.71. The molecule has 0 aliphatic carbocycles. The summed E-state index contributed by atoms with van der Waals surface area (Å²) in [6.07, 6.45) is 0.982. The van der Waals surface area contributed by atoms with Gasteiger partial charge in [0.15, 0.2) is 0 Å². The lowest BCUT2D eigenvalue weighted by molar-refractivity contribution is -0.507. The number of imide groups is 1. The Bertz CT molecular complexity index is 596. The first-order valence-electron chi connectivity index (χ1n) is 8.28. The largest absolute Gasteiger partial charge is 0.389 e. The number of guanidine groups is 1. The van der Waals surface area contributed by atoms with Gasteiger partial charge in [-0.1, -0.05) is 4.99 Å². The Morgan fingerprint density at radius 3 is 2.67 bits per heavy atom. The number of carbonyl (C=O) groups excluding carboxylic acids is 2. The quantitative estimate of drug-likeness (QED) is 0.504. The fraction of sp³-hybridized carbons (Fsp3) is 0.733. The van der Waals surface area contributed by atoms with Gasteiger partial charge in [-0.15, -0.1) is 0 Å². The summed E-state index contributed by atoms with van der Waals surface area (Å²) in [5.74, 6) is 0.881. The topological polar surface area (TPSA) is 80.5 Å². The number of aliphatic imine (C=N–C) groups is 1. The third kappa shape index (κ3) is 3.01. The zero-order chi connectivity index (χ0) is 17.3. The summed E-state index contributed by atoms with van der Waals surface area (Å²) in [5, 5.41) is 3.29. The molecule has 3 aliphatic heterocycles. The number of likely N-dealkylation sites (N-methyl/N-ethyl adjacent to an activating group) is 3. The molecular weight excluding hydrogens is 312 g/mol. The van der Waals surface area contributed by atoms with Crippen LogP contribution in [0, 0.1) is 0 Å². The molecule has 0 spiro atoms. The summed E-state index contributed by atoms with van der Waals surface area (Å²) < 4.78 is 7.14. The number of nitrogens with one attached hydrogen (secondary N) is 1. The van der Waals surface area contributed by atoms with Crippen LogP contribution < -0.4 is 5.32 Å². The average Bonchev–Trinajstić information content (AvgIpc) is 2.93. The molecule has 3 rings (SSSR count). The van der Waals surface area contributed by atoms with Gasteiger partial charge in [0.25, 0.3) is 5.91 Å². The van der Waals surface area contributed by atoms with Crippen molar-refractivity contribution in [2.45, 2.75) is 12.5 Å². The number of morpholine rings is 1. The van der Waals surface area contributed by atoms with E-state index in [-0.39, 0.29) is 11.9 Å². The first-order chi connectivity index (χ1) is 11.5. The minimum atomic E-state index is -0.528. The number of hydrogen-bond donors (Lipinski definition) is 1. The highest BCUT2D eigenvalue weighted by Gasteiger charge is 2.50. The van der Waals surface area contributed by atoms with Crippen LogP contribution in [0.25, 0.3) is 0 Å². The molecule has 0 saturated carbocycles. The molecule has 2 fully saturated rings. The van der Waals surface area contributed by atoms with E-state index >= 15 is 0 Å². The van der Waals surface area contributed by atoms with Crippen LogP contribution in [0.3, 0.4) is 0 Å². The first kappa shape index (κ1) is 16.8. The normalized spacial score (nSPS) is 25.3. The van der Waals surface area contributed by atoms with E-state index in [1.165, 1.54) is 11.9 Å². The minimum absolute atomic E-state index is 0.246. The second kappa shape index (κ2) is 6.86. The molecule has 0 radical (unpaired) electrons. The summed E-state index contributed by atoms with van der Waals surface area (Å²) in [6, 6.07) is -0.878. The van der Waals surface area contributed by atoms with E-state index in [0.717, 1.165) is 50.7 Å².